The van der Waals surface area contributed by atoms with Gasteiger partial charge in [-0.3, -0.25) is 4.40 Å². The third-order valence-electron chi connectivity index (χ3n) is 3.06. The zero-order valence-corrected chi connectivity index (χ0v) is 12.0. The molecular formula is C15H11ClN2O4. The SMILES string of the molecule is O=C(O)c1nc(COc2cccc(O)c2)n2cc(Cl)ccc12. The van der Waals surface area contributed by atoms with Gasteiger partial charge in [0.2, 0.25) is 0 Å². The molecule has 7 heteroatoms. The summed E-state index contributed by atoms with van der Waals surface area (Å²) in [6.45, 7) is 0.0399. The fourth-order valence-electron chi connectivity index (χ4n) is 2.10. The fraction of sp³-hybridized carbons (Fsp3) is 0.0667. The van der Waals surface area contributed by atoms with Crippen LogP contribution in [-0.4, -0.2) is 25.6 Å². The van der Waals surface area contributed by atoms with Crippen LogP contribution in [0.1, 0.15) is 16.3 Å². The van der Waals surface area contributed by atoms with Gasteiger partial charge in [0, 0.05) is 12.3 Å². The minimum absolute atomic E-state index is 0.0399. The van der Waals surface area contributed by atoms with Crippen LogP contribution in [0.2, 0.25) is 5.02 Å². The molecule has 0 aliphatic heterocycles. The Morgan fingerprint density at radius 2 is 2.14 bits per heavy atom. The van der Waals surface area contributed by atoms with Gasteiger partial charge in [0.1, 0.15) is 18.1 Å². The van der Waals surface area contributed by atoms with Crippen LogP contribution in [0.5, 0.6) is 11.5 Å². The molecule has 6 nitrogen and oxygen atoms in total. The molecule has 1 aromatic carbocycles. The lowest BCUT2D eigenvalue weighted by Gasteiger charge is -2.06. The van der Waals surface area contributed by atoms with Crippen molar-refractivity contribution in [2.75, 3.05) is 0 Å². The Morgan fingerprint density at radius 3 is 2.86 bits per heavy atom. The topological polar surface area (TPSA) is 84.1 Å². The number of aromatic hydroxyl groups is 1. The van der Waals surface area contributed by atoms with E-state index in [1.807, 2.05) is 0 Å². The maximum absolute atomic E-state index is 11.2. The normalized spacial score (nSPS) is 10.8. The molecule has 0 unspecified atom stereocenters. The zero-order valence-electron chi connectivity index (χ0n) is 11.2. The van der Waals surface area contributed by atoms with Crippen molar-refractivity contribution in [3.8, 4) is 11.5 Å². The van der Waals surface area contributed by atoms with Crippen molar-refractivity contribution in [3.63, 3.8) is 0 Å². The van der Waals surface area contributed by atoms with E-state index in [-0.39, 0.29) is 18.1 Å². The summed E-state index contributed by atoms with van der Waals surface area (Å²) in [6.07, 6.45) is 1.58. The molecule has 2 heterocycles. The molecule has 0 aliphatic carbocycles. The van der Waals surface area contributed by atoms with Gasteiger partial charge in [0.25, 0.3) is 0 Å². The zero-order chi connectivity index (χ0) is 15.7. The molecule has 0 amide bonds. The van der Waals surface area contributed by atoms with Crippen molar-refractivity contribution < 1.29 is 19.7 Å². The van der Waals surface area contributed by atoms with Crippen LogP contribution in [-0.2, 0) is 6.61 Å². The fourth-order valence-corrected chi connectivity index (χ4v) is 2.26. The number of phenolic OH excluding ortho intramolecular Hbond substituents is 1. The quantitative estimate of drug-likeness (QED) is 0.772. The summed E-state index contributed by atoms with van der Waals surface area (Å²) in [5.41, 5.74) is 0.373. The van der Waals surface area contributed by atoms with Gasteiger partial charge < -0.3 is 14.9 Å². The molecule has 0 saturated heterocycles. The van der Waals surface area contributed by atoms with Crippen LogP contribution in [0, 0.1) is 0 Å². The summed E-state index contributed by atoms with van der Waals surface area (Å²) in [4.78, 5) is 15.3. The molecule has 0 spiro atoms. The summed E-state index contributed by atoms with van der Waals surface area (Å²) in [5.74, 6) is -0.183. The summed E-state index contributed by atoms with van der Waals surface area (Å²) in [7, 11) is 0. The van der Waals surface area contributed by atoms with Gasteiger partial charge in [-0.05, 0) is 24.3 Å². The largest absolute Gasteiger partial charge is 0.508 e. The summed E-state index contributed by atoms with van der Waals surface area (Å²) in [5, 5.41) is 19.1. The minimum Gasteiger partial charge on any atom is -0.508 e. The first-order chi connectivity index (χ1) is 10.5. The van der Waals surface area contributed by atoms with Gasteiger partial charge in [-0.2, -0.15) is 0 Å². The standard InChI is InChI=1S/C15H11ClN2O4/c16-9-4-5-12-14(15(20)21)17-13(18(12)7-9)8-22-11-3-1-2-10(19)6-11/h1-7,19H,8H2,(H,20,21). The molecule has 0 radical (unpaired) electrons. The summed E-state index contributed by atoms with van der Waals surface area (Å²) >= 11 is 5.95. The highest BCUT2D eigenvalue weighted by atomic mass is 35.5. The molecule has 0 bridgehead atoms. The number of rotatable bonds is 4. The number of fused-ring (bicyclic) bond motifs is 1. The molecule has 0 fully saturated rings. The molecule has 0 saturated carbocycles. The van der Waals surface area contributed by atoms with E-state index in [9.17, 15) is 15.0 Å². The van der Waals surface area contributed by atoms with Crippen molar-refractivity contribution in [1.29, 1.82) is 0 Å². The molecule has 2 N–H and O–H groups in total. The lowest BCUT2D eigenvalue weighted by molar-refractivity contribution is 0.0693. The number of phenols is 1. The van der Waals surface area contributed by atoms with E-state index in [2.05, 4.69) is 4.98 Å². The Hall–Kier alpha value is -2.73. The second kappa shape index (κ2) is 5.57. The summed E-state index contributed by atoms with van der Waals surface area (Å²) in [6, 6.07) is 9.51. The van der Waals surface area contributed by atoms with Gasteiger partial charge >= 0.3 is 5.97 Å². The van der Waals surface area contributed by atoms with E-state index in [1.54, 1.807) is 34.9 Å². The first-order valence-electron chi connectivity index (χ1n) is 6.36. The first-order valence-corrected chi connectivity index (χ1v) is 6.74. The first kappa shape index (κ1) is 14.2. The van der Waals surface area contributed by atoms with Crippen LogP contribution in [0.3, 0.4) is 0 Å². The third kappa shape index (κ3) is 2.68. The van der Waals surface area contributed by atoms with Crippen molar-refractivity contribution in [3.05, 3.63) is 59.1 Å². The minimum atomic E-state index is -1.12. The highest BCUT2D eigenvalue weighted by Crippen LogP contribution is 2.21. The van der Waals surface area contributed by atoms with Gasteiger partial charge in [-0.15, -0.1) is 0 Å². The van der Waals surface area contributed by atoms with Gasteiger partial charge in [-0.25, -0.2) is 9.78 Å². The number of hydrogen-bond acceptors (Lipinski definition) is 4. The second-order valence-electron chi connectivity index (χ2n) is 4.57. The van der Waals surface area contributed by atoms with E-state index in [4.69, 9.17) is 16.3 Å². The van der Waals surface area contributed by atoms with Crippen LogP contribution < -0.4 is 4.74 Å². The maximum Gasteiger partial charge on any atom is 0.356 e. The number of hydrogen-bond donors (Lipinski definition) is 2. The molecule has 2 aromatic heterocycles. The number of imidazole rings is 1. The number of aromatic carboxylic acids is 1. The van der Waals surface area contributed by atoms with Crippen molar-refractivity contribution in [1.82, 2.24) is 9.38 Å². The average Bonchev–Trinajstić information content (AvgIpc) is 2.83. The Bertz CT molecular complexity index is 860. The predicted molar refractivity (Wildman–Crippen MR) is 79.6 cm³/mol. The smallest absolute Gasteiger partial charge is 0.356 e. The van der Waals surface area contributed by atoms with E-state index >= 15 is 0 Å². The number of aromatic nitrogens is 2. The molecule has 0 atom stereocenters. The van der Waals surface area contributed by atoms with Crippen LogP contribution in [0.15, 0.2) is 42.6 Å². The predicted octanol–water partition coefficient (Wildman–Crippen LogP) is 2.97. The van der Waals surface area contributed by atoms with Crippen molar-refractivity contribution in [2.24, 2.45) is 0 Å². The van der Waals surface area contributed by atoms with Crippen LogP contribution >= 0.6 is 11.6 Å². The average molecular weight is 319 g/mol. The van der Waals surface area contributed by atoms with Gasteiger partial charge in [0.15, 0.2) is 11.5 Å². The number of nitrogens with zero attached hydrogens (tertiary/aromatic N) is 2. The van der Waals surface area contributed by atoms with Crippen LogP contribution in [0.4, 0.5) is 0 Å². The Labute approximate surface area is 130 Å². The summed E-state index contributed by atoms with van der Waals surface area (Å²) < 4.78 is 7.11. The molecule has 3 rings (SSSR count). The maximum atomic E-state index is 11.2. The molecular weight excluding hydrogens is 308 g/mol. The van der Waals surface area contributed by atoms with E-state index in [0.29, 0.717) is 22.1 Å². The number of benzene rings is 1. The lowest BCUT2D eigenvalue weighted by atomic mass is 10.3. The molecule has 3 aromatic rings. The highest BCUT2D eigenvalue weighted by molar-refractivity contribution is 6.30. The Morgan fingerprint density at radius 1 is 1.32 bits per heavy atom. The Kier molecular flexibility index (Phi) is 3.60. The lowest BCUT2D eigenvalue weighted by Crippen LogP contribution is -2.01. The molecule has 22 heavy (non-hydrogen) atoms. The van der Waals surface area contributed by atoms with E-state index in [1.165, 1.54) is 12.1 Å². The number of pyridine rings is 1. The number of halogens is 1. The second-order valence-corrected chi connectivity index (χ2v) is 5.01. The molecule has 0 aliphatic rings. The highest BCUT2D eigenvalue weighted by Gasteiger charge is 2.17. The third-order valence-corrected chi connectivity index (χ3v) is 3.29. The number of ether oxygens (including phenoxy) is 1. The van der Waals surface area contributed by atoms with Crippen LogP contribution in [0.25, 0.3) is 5.52 Å². The molecule has 112 valence electrons. The van der Waals surface area contributed by atoms with Gasteiger partial charge in [-0.1, -0.05) is 17.7 Å². The number of carboxylic acids is 1. The number of carboxylic acid groups (broad SMARTS) is 1. The van der Waals surface area contributed by atoms with Gasteiger partial charge in [0.05, 0.1) is 10.5 Å². The van der Waals surface area contributed by atoms with E-state index in [0.717, 1.165) is 0 Å². The Balaban J connectivity index is 1.96. The van der Waals surface area contributed by atoms with E-state index < -0.39 is 5.97 Å². The van der Waals surface area contributed by atoms with Crippen molar-refractivity contribution >= 4 is 23.1 Å². The number of carbonyl (C=O) groups is 1. The van der Waals surface area contributed by atoms with Crippen molar-refractivity contribution in [2.45, 2.75) is 6.61 Å². The monoisotopic (exact) mass is 318 g/mol.